The molecule has 0 aliphatic rings. The monoisotopic (exact) mass is 222 g/mol. The van der Waals surface area contributed by atoms with Crippen LogP contribution >= 0.6 is 0 Å². The van der Waals surface area contributed by atoms with Gasteiger partial charge in [0.25, 0.3) is 0 Å². The molecule has 0 amide bonds. The highest BCUT2D eigenvalue weighted by Crippen LogP contribution is 2.13. The Hall–Kier alpha value is -1.60. The van der Waals surface area contributed by atoms with Crippen molar-refractivity contribution in [1.29, 1.82) is 5.26 Å². The van der Waals surface area contributed by atoms with Crippen LogP contribution in [0.2, 0.25) is 0 Å². The average Bonchev–Trinajstić information content (AvgIpc) is 2.27. The van der Waals surface area contributed by atoms with Crippen molar-refractivity contribution < 1.29 is 9.13 Å². The van der Waals surface area contributed by atoms with Gasteiger partial charge in [0.1, 0.15) is 11.9 Å². The number of ether oxygens (including phenoxy) is 1. The predicted octanol–water partition coefficient (Wildman–Crippen LogP) is 2.53. The van der Waals surface area contributed by atoms with Gasteiger partial charge in [-0.15, -0.1) is 0 Å². The van der Waals surface area contributed by atoms with E-state index >= 15 is 0 Å². The summed E-state index contributed by atoms with van der Waals surface area (Å²) in [4.78, 5) is 0. The quantitative estimate of drug-likeness (QED) is 0.832. The zero-order chi connectivity index (χ0) is 12.0. The van der Waals surface area contributed by atoms with Gasteiger partial charge in [-0.2, -0.15) is 5.26 Å². The number of hydrogen-bond donors (Lipinski definition) is 1. The Bertz CT molecular complexity index is 387. The molecule has 86 valence electrons. The first-order chi connectivity index (χ1) is 7.67. The van der Waals surface area contributed by atoms with E-state index in [0.717, 1.165) is 0 Å². The maximum Gasteiger partial charge on any atom is 0.143 e. The van der Waals surface area contributed by atoms with E-state index in [-0.39, 0.29) is 11.7 Å². The van der Waals surface area contributed by atoms with E-state index in [1.54, 1.807) is 12.1 Å². The highest BCUT2D eigenvalue weighted by atomic mass is 19.1. The molecule has 1 rings (SSSR count). The molecule has 1 aromatic carbocycles. The lowest BCUT2D eigenvalue weighted by atomic mass is 10.2. The first-order valence-electron chi connectivity index (χ1n) is 5.22. The zero-order valence-electron chi connectivity index (χ0n) is 9.46. The van der Waals surface area contributed by atoms with Crippen LogP contribution in [0, 0.1) is 17.1 Å². The fourth-order valence-electron chi connectivity index (χ4n) is 1.32. The number of benzene rings is 1. The lowest BCUT2D eigenvalue weighted by molar-refractivity contribution is 0.0855. The van der Waals surface area contributed by atoms with E-state index in [4.69, 9.17) is 10.00 Å². The van der Waals surface area contributed by atoms with Crippen LogP contribution < -0.4 is 5.32 Å². The van der Waals surface area contributed by atoms with Crippen LogP contribution in [0.4, 0.5) is 10.1 Å². The van der Waals surface area contributed by atoms with Crippen molar-refractivity contribution >= 4 is 5.69 Å². The number of anilines is 1. The molecule has 0 aromatic heterocycles. The second kappa shape index (κ2) is 6.09. The molecular weight excluding hydrogens is 207 g/mol. The summed E-state index contributed by atoms with van der Waals surface area (Å²) in [6.45, 7) is 5.14. The number of rotatable bonds is 5. The van der Waals surface area contributed by atoms with Gasteiger partial charge in [0.15, 0.2) is 0 Å². The molecule has 0 saturated carbocycles. The molecule has 16 heavy (non-hydrogen) atoms. The Morgan fingerprint density at radius 1 is 1.56 bits per heavy atom. The topological polar surface area (TPSA) is 45.0 Å². The summed E-state index contributed by atoms with van der Waals surface area (Å²) in [6.07, 6.45) is 0.0729. The molecule has 1 N–H and O–H groups in total. The standard InChI is InChI=1S/C12H15FN2O/c1-3-16-9(2)8-15-11-5-4-10(7-14)12(13)6-11/h4-6,9,15H,3,8H2,1-2H3. The van der Waals surface area contributed by atoms with Crippen LogP contribution in [0.3, 0.4) is 0 Å². The second-order valence-corrected chi connectivity index (χ2v) is 3.45. The van der Waals surface area contributed by atoms with E-state index in [1.807, 2.05) is 13.8 Å². The first-order valence-corrected chi connectivity index (χ1v) is 5.22. The van der Waals surface area contributed by atoms with Gasteiger partial charge in [0.05, 0.1) is 11.7 Å². The number of hydrogen-bond acceptors (Lipinski definition) is 3. The molecule has 0 fully saturated rings. The van der Waals surface area contributed by atoms with Crippen LogP contribution in [-0.2, 0) is 4.74 Å². The van der Waals surface area contributed by atoms with Crippen molar-refractivity contribution in [3.05, 3.63) is 29.6 Å². The minimum atomic E-state index is -0.503. The van der Waals surface area contributed by atoms with Crippen molar-refractivity contribution in [3.8, 4) is 6.07 Å². The van der Waals surface area contributed by atoms with Crippen molar-refractivity contribution in [3.63, 3.8) is 0 Å². The SMILES string of the molecule is CCOC(C)CNc1ccc(C#N)c(F)c1. The Morgan fingerprint density at radius 2 is 2.31 bits per heavy atom. The summed E-state index contributed by atoms with van der Waals surface area (Å²) in [6, 6.07) is 6.24. The lowest BCUT2D eigenvalue weighted by Crippen LogP contribution is -2.19. The summed E-state index contributed by atoms with van der Waals surface area (Å²) < 4.78 is 18.6. The van der Waals surface area contributed by atoms with Gasteiger partial charge in [-0.05, 0) is 32.0 Å². The molecule has 0 aliphatic carbocycles. The van der Waals surface area contributed by atoms with Gasteiger partial charge in [0, 0.05) is 18.8 Å². The highest BCUT2D eigenvalue weighted by molar-refractivity contribution is 5.48. The molecule has 0 saturated heterocycles. The molecule has 0 heterocycles. The Kier molecular flexibility index (Phi) is 4.74. The van der Waals surface area contributed by atoms with Crippen LogP contribution in [-0.4, -0.2) is 19.3 Å². The Morgan fingerprint density at radius 3 is 2.88 bits per heavy atom. The molecular formula is C12H15FN2O. The molecule has 1 atom stereocenters. The molecule has 0 aliphatic heterocycles. The minimum Gasteiger partial charge on any atom is -0.382 e. The third-order valence-electron chi connectivity index (χ3n) is 2.13. The molecule has 0 radical (unpaired) electrons. The summed E-state index contributed by atoms with van der Waals surface area (Å²) in [5.41, 5.74) is 0.714. The van der Waals surface area contributed by atoms with Gasteiger partial charge in [-0.1, -0.05) is 0 Å². The average molecular weight is 222 g/mol. The van der Waals surface area contributed by atoms with Gasteiger partial charge in [-0.25, -0.2) is 4.39 Å². The molecule has 1 aromatic rings. The summed E-state index contributed by atoms with van der Waals surface area (Å²) >= 11 is 0. The van der Waals surface area contributed by atoms with Gasteiger partial charge in [-0.3, -0.25) is 0 Å². The number of nitrogens with zero attached hydrogens (tertiary/aromatic N) is 1. The Balaban J connectivity index is 2.56. The lowest BCUT2D eigenvalue weighted by Gasteiger charge is -2.13. The molecule has 0 spiro atoms. The van der Waals surface area contributed by atoms with E-state index in [1.165, 1.54) is 12.1 Å². The third-order valence-corrected chi connectivity index (χ3v) is 2.13. The van der Waals surface area contributed by atoms with Crippen molar-refractivity contribution in [2.45, 2.75) is 20.0 Å². The van der Waals surface area contributed by atoms with Crippen LogP contribution in [0.25, 0.3) is 0 Å². The third kappa shape index (κ3) is 3.52. The van der Waals surface area contributed by atoms with Gasteiger partial charge < -0.3 is 10.1 Å². The van der Waals surface area contributed by atoms with Crippen molar-refractivity contribution in [1.82, 2.24) is 0 Å². The molecule has 0 bridgehead atoms. The number of nitrogens with one attached hydrogen (secondary N) is 1. The summed E-state index contributed by atoms with van der Waals surface area (Å²) in [5.74, 6) is -0.503. The number of halogens is 1. The maximum absolute atomic E-state index is 13.2. The molecule has 4 heteroatoms. The van der Waals surface area contributed by atoms with Crippen molar-refractivity contribution in [2.24, 2.45) is 0 Å². The minimum absolute atomic E-state index is 0.0587. The fraction of sp³-hybridized carbons (Fsp3) is 0.417. The Labute approximate surface area is 94.8 Å². The maximum atomic E-state index is 13.2. The summed E-state index contributed by atoms with van der Waals surface area (Å²) in [5, 5.41) is 11.6. The molecule has 3 nitrogen and oxygen atoms in total. The zero-order valence-corrected chi connectivity index (χ0v) is 9.46. The van der Waals surface area contributed by atoms with Crippen molar-refractivity contribution in [2.75, 3.05) is 18.5 Å². The molecule has 1 unspecified atom stereocenters. The smallest absolute Gasteiger partial charge is 0.143 e. The van der Waals surface area contributed by atoms with E-state index in [9.17, 15) is 4.39 Å². The second-order valence-electron chi connectivity index (χ2n) is 3.45. The highest BCUT2D eigenvalue weighted by Gasteiger charge is 2.04. The first kappa shape index (κ1) is 12.5. The van der Waals surface area contributed by atoms with Crippen LogP contribution in [0.5, 0.6) is 0 Å². The fourth-order valence-corrected chi connectivity index (χ4v) is 1.32. The van der Waals surface area contributed by atoms with Gasteiger partial charge in [0.2, 0.25) is 0 Å². The van der Waals surface area contributed by atoms with E-state index in [0.29, 0.717) is 18.8 Å². The van der Waals surface area contributed by atoms with Gasteiger partial charge >= 0.3 is 0 Å². The normalized spacial score (nSPS) is 11.9. The predicted molar refractivity (Wildman–Crippen MR) is 60.7 cm³/mol. The largest absolute Gasteiger partial charge is 0.382 e. The number of nitriles is 1. The van der Waals surface area contributed by atoms with E-state index in [2.05, 4.69) is 5.32 Å². The van der Waals surface area contributed by atoms with Crippen LogP contribution in [0.1, 0.15) is 19.4 Å². The van der Waals surface area contributed by atoms with Crippen LogP contribution in [0.15, 0.2) is 18.2 Å². The van der Waals surface area contributed by atoms with E-state index < -0.39 is 5.82 Å². The summed E-state index contributed by atoms with van der Waals surface area (Å²) in [7, 11) is 0.